The summed E-state index contributed by atoms with van der Waals surface area (Å²) in [6, 6.07) is 5.73. The number of aromatic nitrogens is 4. The van der Waals surface area contributed by atoms with Crippen LogP contribution in [0.15, 0.2) is 24.5 Å². The highest BCUT2D eigenvalue weighted by molar-refractivity contribution is 6.33. The molecule has 0 aliphatic rings. The van der Waals surface area contributed by atoms with Crippen molar-refractivity contribution < 1.29 is 0 Å². The quantitative estimate of drug-likeness (QED) is 0.709. The van der Waals surface area contributed by atoms with Crippen LogP contribution in [0.1, 0.15) is 45.4 Å². The van der Waals surface area contributed by atoms with Gasteiger partial charge in [-0.15, -0.1) is 5.10 Å². The van der Waals surface area contributed by atoms with E-state index in [4.69, 9.17) is 11.6 Å². The average Bonchev–Trinajstić information content (AvgIpc) is 3.02. The SMILES string of the molecule is CCCCCCCCNc1cc(-n2cnnn2)ccc1Cl. The minimum absolute atomic E-state index is 0.720. The van der Waals surface area contributed by atoms with Crippen molar-refractivity contribution >= 4 is 17.3 Å². The van der Waals surface area contributed by atoms with Crippen molar-refractivity contribution in [2.24, 2.45) is 0 Å². The Bertz CT molecular complexity index is 527. The van der Waals surface area contributed by atoms with E-state index in [0.717, 1.165) is 29.4 Å². The molecule has 1 aromatic carbocycles. The van der Waals surface area contributed by atoms with Gasteiger partial charge in [-0.2, -0.15) is 0 Å². The van der Waals surface area contributed by atoms with E-state index in [1.165, 1.54) is 32.1 Å². The number of hydrogen-bond acceptors (Lipinski definition) is 4. The Labute approximate surface area is 130 Å². The molecule has 0 fully saturated rings. The first-order chi connectivity index (χ1) is 10.3. The molecule has 1 N–H and O–H groups in total. The summed E-state index contributed by atoms with van der Waals surface area (Å²) in [7, 11) is 0. The summed E-state index contributed by atoms with van der Waals surface area (Å²) in [6.07, 6.45) is 9.28. The number of rotatable bonds is 9. The molecule has 114 valence electrons. The molecule has 0 radical (unpaired) electrons. The van der Waals surface area contributed by atoms with Gasteiger partial charge in [-0.3, -0.25) is 0 Å². The maximum absolute atomic E-state index is 6.22. The highest BCUT2D eigenvalue weighted by Gasteiger charge is 2.04. The highest BCUT2D eigenvalue weighted by atomic mass is 35.5. The van der Waals surface area contributed by atoms with Crippen molar-refractivity contribution in [1.82, 2.24) is 20.2 Å². The van der Waals surface area contributed by atoms with Crippen molar-refractivity contribution in [2.75, 3.05) is 11.9 Å². The molecule has 2 aromatic rings. The minimum Gasteiger partial charge on any atom is -0.384 e. The molecule has 21 heavy (non-hydrogen) atoms. The van der Waals surface area contributed by atoms with Gasteiger partial charge < -0.3 is 5.32 Å². The van der Waals surface area contributed by atoms with Gasteiger partial charge in [0.25, 0.3) is 0 Å². The van der Waals surface area contributed by atoms with Gasteiger partial charge >= 0.3 is 0 Å². The fraction of sp³-hybridized carbons (Fsp3) is 0.533. The van der Waals surface area contributed by atoms with Crippen LogP contribution in [0.5, 0.6) is 0 Å². The van der Waals surface area contributed by atoms with Crippen LogP contribution in [0.25, 0.3) is 5.69 Å². The highest BCUT2D eigenvalue weighted by Crippen LogP contribution is 2.24. The van der Waals surface area contributed by atoms with E-state index in [-0.39, 0.29) is 0 Å². The summed E-state index contributed by atoms with van der Waals surface area (Å²) >= 11 is 6.22. The molecule has 0 unspecified atom stereocenters. The van der Waals surface area contributed by atoms with Gasteiger partial charge in [0, 0.05) is 6.54 Å². The number of nitrogens with zero attached hydrogens (tertiary/aromatic N) is 4. The number of halogens is 1. The van der Waals surface area contributed by atoms with Crippen LogP contribution in [-0.4, -0.2) is 26.8 Å². The Balaban J connectivity index is 1.81. The zero-order valence-corrected chi connectivity index (χ0v) is 13.2. The molecule has 0 amide bonds. The third kappa shape index (κ3) is 5.01. The van der Waals surface area contributed by atoms with Crippen molar-refractivity contribution in [3.05, 3.63) is 29.5 Å². The number of anilines is 1. The van der Waals surface area contributed by atoms with Crippen LogP contribution >= 0.6 is 11.6 Å². The summed E-state index contributed by atoms with van der Waals surface area (Å²) in [5.41, 5.74) is 1.83. The average molecular weight is 308 g/mol. The summed E-state index contributed by atoms with van der Waals surface area (Å²) < 4.78 is 1.62. The Morgan fingerprint density at radius 3 is 2.71 bits per heavy atom. The fourth-order valence-electron chi connectivity index (χ4n) is 2.20. The Morgan fingerprint density at radius 1 is 1.14 bits per heavy atom. The molecule has 0 spiro atoms. The molecular weight excluding hydrogens is 286 g/mol. The molecule has 0 saturated heterocycles. The van der Waals surface area contributed by atoms with E-state index in [2.05, 4.69) is 27.8 Å². The van der Waals surface area contributed by atoms with Crippen LogP contribution in [0.2, 0.25) is 5.02 Å². The van der Waals surface area contributed by atoms with Crippen LogP contribution in [0, 0.1) is 0 Å². The minimum atomic E-state index is 0.720. The lowest BCUT2D eigenvalue weighted by Crippen LogP contribution is -2.03. The van der Waals surface area contributed by atoms with E-state index < -0.39 is 0 Å². The second kappa shape index (κ2) is 8.62. The lowest BCUT2D eigenvalue weighted by atomic mass is 10.1. The van der Waals surface area contributed by atoms with Crippen LogP contribution < -0.4 is 5.32 Å². The van der Waals surface area contributed by atoms with Gasteiger partial charge in [-0.05, 0) is 35.0 Å². The molecule has 6 heteroatoms. The monoisotopic (exact) mass is 307 g/mol. The van der Waals surface area contributed by atoms with E-state index in [0.29, 0.717) is 0 Å². The van der Waals surface area contributed by atoms with Crippen molar-refractivity contribution in [3.8, 4) is 5.69 Å². The second-order valence-electron chi connectivity index (χ2n) is 5.11. The van der Waals surface area contributed by atoms with Crippen molar-refractivity contribution in [3.63, 3.8) is 0 Å². The van der Waals surface area contributed by atoms with Crippen LogP contribution in [-0.2, 0) is 0 Å². The Morgan fingerprint density at radius 2 is 1.95 bits per heavy atom. The van der Waals surface area contributed by atoms with Gasteiger partial charge in [-0.1, -0.05) is 50.6 Å². The van der Waals surface area contributed by atoms with Crippen molar-refractivity contribution in [1.29, 1.82) is 0 Å². The first-order valence-corrected chi connectivity index (χ1v) is 7.96. The third-order valence-electron chi connectivity index (χ3n) is 3.41. The number of hydrogen-bond donors (Lipinski definition) is 1. The summed E-state index contributed by atoms with van der Waals surface area (Å²) in [4.78, 5) is 0. The van der Waals surface area contributed by atoms with Crippen molar-refractivity contribution in [2.45, 2.75) is 45.4 Å². The number of unbranched alkanes of at least 4 members (excludes halogenated alkanes) is 5. The molecule has 0 atom stereocenters. The number of tetrazole rings is 1. The Hall–Kier alpha value is -1.62. The Kier molecular flexibility index (Phi) is 6.47. The zero-order valence-electron chi connectivity index (χ0n) is 12.4. The predicted molar refractivity (Wildman–Crippen MR) is 86.0 cm³/mol. The molecular formula is C15H22ClN5. The van der Waals surface area contributed by atoms with E-state index in [1.54, 1.807) is 11.0 Å². The van der Waals surface area contributed by atoms with Gasteiger partial charge in [0.1, 0.15) is 6.33 Å². The maximum atomic E-state index is 6.22. The van der Waals surface area contributed by atoms with E-state index in [1.807, 2.05) is 18.2 Å². The molecule has 0 aliphatic heterocycles. The van der Waals surface area contributed by atoms with E-state index in [9.17, 15) is 0 Å². The normalized spacial score (nSPS) is 10.8. The molecule has 5 nitrogen and oxygen atoms in total. The van der Waals surface area contributed by atoms with Gasteiger partial charge in [-0.25, -0.2) is 4.68 Å². The molecule has 0 aliphatic carbocycles. The van der Waals surface area contributed by atoms with Crippen LogP contribution in [0.4, 0.5) is 5.69 Å². The van der Waals surface area contributed by atoms with E-state index >= 15 is 0 Å². The zero-order chi connectivity index (χ0) is 14.9. The van der Waals surface area contributed by atoms with Gasteiger partial charge in [0.15, 0.2) is 0 Å². The standard InChI is InChI=1S/C15H22ClN5/c1-2-3-4-5-6-7-10-17-15-11-13(8-9-14(15)16)21-12-18-19-20-21/h8-9,11-12,17H,2-7,10H2,1H3. The fourth-order valence-corrected chi connectivity index (χ4v) is 2.38. The van der Waals surface area contributed by atoms with Crippen LogP contribution in [0.3, 0.4) is 0 Å². The van der Waals surface area contributed by atoms with Gasteiger partial charge in [0.2, 0.25) is 0 Å². The largest absolute Gasteiger partial charge is 0.384 e. The number of nitrogens with one attached hydrogen (secondary N) is 1. The first kappa shape index (κ1) is 15.8. The molecule has 1 heterocycles. The molecule has 0 saturated carbocycles. The summed E-state index contributed by atoms with van der Waals surface area (Å²) in [6.45, 7) is 3.17. The topological polar surface area (TPSA) is 55.6 Å². The second-order valence-corrected chi connectivity index (χ2v) is 5.52. The van der Waals surface area contributed by atoms with Gasteiger partial charge in [0.05, 0.1) is 16.4 Å². The maximum Gasteiger partial charge on any atom is 0.143 e. The molecule has 2 rings (SSSR count). The lowest BCUT2D eigenvalue weighted by molar-refractivity contribution is 0.617. The lowest BCUT2D eigenvalue weighted by Gasteiger charge is -2.10. The summed E-state index contributed by atoms with van der Waals surface area (Å²) in [5, 5.41) is 15.3. The first-order valence-electron chi connectivity index (χ1n) is 7.58. The number of benzene rings is 1. The third-order valence-corrected chi connectivity index (χ3v) is 3.74. The molecule has 1 aromatic heterocycles. The molecule has 0 bridgehead atoms. The summed E-state index contributed by atoms with van der Waals surface area (Å²) in [5.74, 6) is 0. The predicted octanol–water partition coefficient (Wildman–Crippen LogP) is 4.09. The smallest absolute Gasteiger partial charge is 0.143 e.